The highest BCUT2D eigenvalue weighted by Crippen LogP contribution is 2.31. The van der Waals surface area contributed by atoms with E-state index in [0.29, 0.717) is 6.04 Å². The van der Waals surface area contributed by atoms with E-state index >= 15 is 0 Å². The Bertz CT molecular complexity index is 321. The van der Waals surface area contributed by atoms with E-state index in [0.717, 1.165) is 12.5 Å². The molecular weight excluding hydrogens is 186 g/mol. The van der Waals surface area contributed by atoms with E-state index in [2.05, 4.69) is 21.2 Å². The van der Waals surface area contributed by atoms with Gasteiger partial charge in [0.05, 0.1) is 6.20 Å². The van der Waals surface area contributed by atoms with E-state index in [9.17, 15) is 0 Å². The molecule has 0 atom stereocenters. The maximum absolute atomic E-state index is 4.39. The van der Waals surface area contributed by atoms with Crippen LogP contribution in [0.25, 0.3) is 0 Å². The molecule has 82 valence electrons. The largest absolute Gasteiger partial charge is 0.368 e. The van der Waals surface area contributed by atoms with E-state index in [1.807, 2.05) is 6.20 Å². The molecule has 3 rings (SSSR count). The summed E-state index contributed by atoms with van der Waals surface area (Å²) in [6, 6.07) is 2.81. The van der Waals surface area contributed by atoms with Gasteiger partial charge in [-0.3, -0.25) is 0 Å². The fraction of sp³-hybridized carbons (Fsp3) is 0.750. The number of aromatic nitrogens is 2. The maximum Gasteiger partial charge on any atom is 0.124 e. The van der Waals surface area contributed by atoms with Crippen LogP contribution in [-0.2, 0) is 6.54 Å². The molecule has 0 radical (unpaired) electrons. The van der Waals surface area contributed by atoms with Crippen molar-refractivity contribution in [2.24, 2.45) is 5.92 Å². The SMILES string of the molecule is c1cc(NC2CCCC2)n(CC2CC2)n1. The van der Waals surface area contributed by atoms with Crippen LogP contribution in [0, 0.1) is 5.92 Å². The van der Waals surface area contributed by atoms with Gasteiger partial charge >= 0.3 is 0 Å². The molecule has 2 aliphatic rings. The summed E-state index contributed by atoms with van der Waals surface area (Å²) in [6.45, 7) is 1.11. The first-order valence-electron chi connectivity index (χ1n) is 6.20. The molecule has 0 bridgehead atoms. The zero-order valence-corrected chi connectivity index (χ0v) is 9.15. The molecule has 1 N–H and O–H groups in total. The number of nitrogens with one attached hydrogen (secondary N) is 1. The van der Waals surface area contributed by atoms with Gasteiger partial charge in [0.15, 0.2) is 0 Å². The van der Waals surface area contributed by atoms with Gasteiger partial charge in [0, 0.05) is 18.7 Å². The molecule has 3 heteroatoms. The first kappa shape index (κ1) is 9.25. The van der Waals surface area contributed by atoms with Crippen molar-refractivity contribution >= 4 is 5.82 Å². The second kappa shape index (κ2) is 3.87. The molecule has 2 aliphatic carbocycles. The standard InChI is InChI=1S/C12H19N3/c1-2-4-11(3-1)14-12-7-8-13-15(12)9-10-5-6-10/h7-8,10-11,14H,1-6,9H2. The van der Waals surface area contributed by atoms with E-state index < -0.39 is 0 Å². The Morgan fingerprint density at radius 3 is 2.80 bits per heavy atom. The van der Waals surface area contributed by atoms with Crippen molar-refractivity contribution in [2.45, 2.75) is 51.1 Å². The van der Waals surface area contributed by atoms with Crippen molar-refractivity contribution in [2.75, 3.05) is 5.32 Å². The van der Waals surface area contributed by atoms with Crippen LogP contribution in [0.3, 0.4) is 0 Å². The Morgan fingerprint density at radius 1 is 1.27 bits per heavy atom. The highest BCUT2D eigenvalue weighted by atomic mass is 15.3. The minimum absolute atomic E-state index is 0.694. The third-order valence-corrected chi connectivity index (χ3v) is 3.55. The van der Waals surface area contributed by atoms with Crippen molar-refractivity contribution in [3.63, 3.8) is 0 Å². The van der Waals surface area contributed by atoms with Crippen molar-refractivity contribution in [3.8, 4) is 0 Å². The van der Waals surface area contributed by atoms with Crippen LogP contribution in [0.4, 0.5) is 5.82 Å². The van der Waals surface area contributed by atoms with Crippen LogP contribution < -0.4 is 5.32 Å². The average molecular weight is 205 g/mol. The molecule has 0 unspecified atom stereocenters. The Hall–Kier alpha value is -0.990. The smallest absolute Gasteiger partial charge is 0.124 e. The number of rotatable bonds is 4. The Labute approximate surface area is 90.9 Å². The van der Waals surface area contributed by atoms with Crippen molar-refractivity contribution < 1.29 is 0 Å². The lowest BCUT2D eigenvalue weighted by Crippen LogP contribution is -2.18. The molecule has 1 aromatic heterocycles. The van der Waals surface area contributed by atoms with Crippen molar-refractivity contribution in [3.05, 3.63) is 12.3 Å². The highest BCUT2D eigenvalue weighted by molar-refractivity contribution is 5.35. The number of hydrogen-bond acceptors (Lipinski definition) is 2. The van der Waals surface area contributed by atoms with Gasteiger partial charge in [-0.1, -0.05) is 12.8 Å². The van der Waals surface area contributed by atoms with Gasteiger partial charge in [-0.05, 0) is 31.6 Å². The fourth-order valence-electron chi connectivity index (χ4n) is 2.43. The predicted octanol–water partition coefficient (Wildman–Crippen LogP) is 2.65. The van der Waals surface area contributed by atoms with Crippen molar-refractivity contribution in [1.82, 2.24) is 9.78 Å². The molecule has 1 heterocycles. The summed E-state index contributed by atoms with van der Waals surface area (Å²) in [4.78, 5) is 0. The quantitative estimate of drug-likeness (QED) is 0.819. The van der Waals surface area contributed by atoms with E-state index in [1.54, 1.807) is 0 Å². The zero-order valence-electron chi connectivity index (χ0n) is 9.15. The van der Waals surface area contributed by atoms with Crippen LogP contribution in [0.15, 0.2) is 12.3 Å². The molecule has 1 aromatic rings. The Morgan fingerprint density at radius 2 is 2.07 bits per heavy atom. The Kier molecular flexibility index (Phi) is 2.39. The first-order valence-corrected chi connectivity index (χ1v) is 6.20. The van der Waals surface area contributed by atoms with Gasteiger partial charge in [-0.15, -0.1) is 0 Å². The summed E-state index contributed by atoms with van der Waals surface area (Å²) < 4.78 is 2.15. The van der Waals surface area contributed by atoms with E-state index in [4.69, 9.17) is 0 Å². The number of nitrogens with zero attached hydrogens (tertiary/aromatic N) is 2. The predicted molar refractivity (Wildman–Crippen MR) is 60.8 cm³/mol. The molecule has 2 saturated carbocycles. The van der Waals surface area contributed by atoms with Gasteiger partial charge in [-0.25, -0.2) is 4.68 Å². The van der Waals surface area contributed by atoms with E-state index in [1.165, 1.54) is 44.3 Å². The van der Waals surface area contributed by atoms with Gasteiger partial charge in [0.2, 0.25) is 0 Å². The van der Waals surface area contributed by atoms with Crippen molar-refractivity contribution in [1.29, 1.82) is 0 Å². The van der Waals surface area contributed by atoms with Crippen LogP contribution in [-0.4, -0.2) is 15.8 Å². The van der Waals surface area contributed by atoms with Gasteiger partial charge in [0.25, 0.3) is 0 Å². The average Bonchev–Trinajstić information content (AvgIpc) is 2.75. The fourth-order valence-corrected chi connectivity index (χ4v) is 2.43. The lowest BCUT2D eigenvalue weighted by Gasteiger charge is -2.14. The molecule has 0 aliphatic heterocycles. The topological polar surface area (TPSA) is 29.9 Å². The molecule has 15 heavy (non-hydrogen) atoms. The molecule has 0 saturated heterocycles. The molecular formula is C12H19N3. The molecule has 0 aromatic carbocycles. The van der Waals surface area contributed by atoms with Gasteiger partial charge in [0.1, 0.15) is 5.82 Å². The lowest BCUT2D eigenvalue weighted by atomic mass is 10.2. The van der Waals surface area contributed by atoms with E-state index in [-0.39, 0.29) is 0 Å². The number of hydrogen-bond donors (Lipinski definition) is 1. The zero-order chi connectivity index (χ0) is 10.1. The maximum atomic E-state index is 4.39. The minimum Gasteiger partial charge on any atom is -0.368 e. The van der Waals surface area contributed by atoms with Crippen LogP contribution in [0.2, 0.25) is 0 Å². The van der Waals surface area contributed by atoms with Gasteiger partial charge < -0.3 is 5.32 Å². The monoisotopic (exact) mass is 205 g/mol. The number of anilines is 1. The highest BCUT2D eigenvalue weighted by Gasteiger charge is 2.23. The summed E-state index contributed by atoms with van der Waals surface area (Å²) in [5.74, 6) is 2.13. The Balaban J connectivity index is 1.64. The lowest BCUT2D eigenvalue weighted by molar-refractivity contribution is 0.562. The molecule has 3 nitrogen and oxygen atoms in total. The molecule has 0 amide bonds. The normalized spacial score (nSPS) is 22.1. The summed E-state index contributed by atoms with van der Waals surface area (Å²) in [6.07, 6.45) is 10.1. The summed E-state index contributed by atoms with van der Waals surface area (Å²) in [7, 11) is 0. The van der Waals surface area contributed by atoms with Crippen LogP contribution >= 0.6 is 0 Å². The summed E-state index contributed by atoms with van der Waals surface area (Å²) in [5.41, 5.74) is 0. The van der Waals surface area contributed by atoms with Crippen LogP contribution in [0.1, 0.15) is 38.5 Å². The summed E-state index contributed by atoms with van der Waals surface area (Å²) in [5, 5.41) is 8.02. The first-order chi connectivity index (χ1) is 7.42. The second-order valence-corrected chi connectivity index (χ2v) is 4.97. The molecule has 2 fully saturated rings. The van der Waals surface area contributed by atoms with Gasteiger partial charge in [-0.2, -0.15) is 5.10 Å². The second-order valence-electron chi connectivity index (χ2n) is 4.97. The minimum atomic E-state index is 0.694. The van der Waals surface area contributed by atoms with Crippen LogP contribution in [0.5, 0.6) is 0 Å². The molecule has 0 spiro atoms. The third-order valence-electron chi connectivity index (χ3n) is 3.55. The summed E-state index contributed by atoms with van der Waals surface area (Å²) >= 11 is 0. The third kappa shape index (κ3) is 2.16.